The standard InChI is InChI=1S/C64H69FN12O8/c1-35(2)69-58(80)44-32-49(46(65)28-37(44)5)71-56-55-50(68-34-75(55)36(3)4)33-48(70-56)40-16-17-45-52(29-40)76(42-30-41(31-42)73-24-7-6-8-25-73)63(85)64(45)20-26-74(27-21-64)60(82)39-14-12-38(13-15-39)57(79)67-23-22-66-47-11-9-10-43-54(47)62(84)77(61(43)83)51-18-19-53(78)72-59(51)81/h9-17,28-29,32-36,41-42,51,66H,6-8,18-27,30-31H2,1-5H3,(H,67,79)(H,69,80)(H,70,71)(H,72,78,81)/t41-,42+,51?. The number of amides is 8. The molecule has 4 fully saturated rings. The second-order valence-electron chi connectivity index (χ2n) is 24.0. The number of hydrogen-bond acceptors (Lipinski definition) is 13. The molecule has 5 aliphatic heterocycles. The molecule has 12 rings (SSSR count). The van der Waals surface area contributed by atoms with Gasteiger partial charge >= 0.3 is 0 Å². The van der Waals surface area contributed by atoms with Gasteiger partial charge in [-0.1, -0.05) is 24.6 Å². The topological polar surface area (TPSA) is 240 Å². The summed E-state index contributed by atoms with van der Waals surface area (Å²) in [7, 11) is 0. The van der Waals surface area contributed by atoms with E-state index in [1.807, 2.05) is 55.4 Å². The van der Waals surface area contributed by atoms with Crippen molar-refractivity contribution in [1.82, 2.24) is 45.2 Å². The fourth-order valence-electron chi connectivity index (χ4n) is 13.3. The molecule has 8 amide bonds. The van der Waals surface area contributed by atoms with Crippen molar-refractivity contribution >= 4 is 81.2 Å². The largest absolute Gasteiger partial charge is 0.383 e. The Balaban J connectivity index is 0.744. The quantitative estimate of drug-likeness (QED) is 0.0488. The average molecular weight is 1150 g/mol. The lowest BCUT2D eigenvalue weighted by molar-refractivity contribution is -0.136. The summed E-state index contributed by atoms with van der Waals surface area (Å²) >= 11 is 0. The van der Waals surface area contributed by atoms with Crippen LogP contribution in [-0.2, 0) is 19.8 Å². The van der Waals surface area contributed by atoms with Crippen molar-refractivity contribution in [3.63, 3.8) is 0 Å². The van der Waals surface area contributed by atoms with Crippen molar-refractivity contribution in [3.05, 3.63) is 130 Å². The number of anilines is 4. The molecule has 4 aromatic carbocycles. The summed E-state index contributed by atoms with van der Waals surface area (Å²) in [5.41, 5.74) is 5.79. The maximum absolute atomic E-state index is 15.9. The van der Waals surface area contributed by atoms with E-state index in [0.29, 0.717) is 82.5 Å². The minimum Gasteiger partial charge on any atom is -0.383 e. The SMILES string of the molecule is Cc1cc(F)c(Nc2nc(-c3ccc4c(c3)N([C@H]3C[C@@H](N5CCCCC5)C3)C(=O)C43CCN(C(=O)c4ccc(C(=O)NCCNc5cccc6c5C(=O)N(C5CCC(=O)NC5=O)C6=O)cc4)CC3)cc3ncn(C(C)C)c23)cc1C(=O)NC(C)C. The number of imide groups is 2. The first kappa shape index (κ1) is 56.6. The Labute approximate surface area is 491 Å². The number of halogens is 1. The molecule has 21 heteroatoms. The van der Waals surface area contributed by atoms with E-state index in [1.165, 1.54) is 37.5 Å². The van der Waals surface area contributed by atoms with Crippen LogP contribution in [0.1, 0.15) is 154 Å². The minimum atomic E-state index is -1.09. The van der Waals surface area contributed by atoms with Crippen LogP contribution in [0.4, 0.5) is 27.3 Å². The predicted octanol–water partition coefficient (Wildman–Crippen LogP) is 7.79. The van der Waals surface area contributed by atoms with Crippen molar-refractivity contribution < 1.29 is 42.7 Å². The fraction of sp³-hybridized carbons (Fsp3) is 0.406. The number of fused-ring (bicyclic) bond motifs is 4. The summed E-state index contributed by atoms with van der Waals surface area (Å²) in [6.45, 7) is 12.6. The van der Waals surface area contributed by atoms with Crippen LogP contribution in [-0.4, -0.2) is 140 Å². The second kappa shape index (κ2) is 22.6. The van der Waals surface area contributed by atoms with Gasteiger partial charge in [-0.25, -0.2) is 14.4 Å². The van der Waals surface area contributed by atoms with Crippen LogP contribution < -0.4 is 31.5 Å². The van der Waals surface area contributed by atoms with E-state index >= 15 is 9.18 Å². The number of nitrogens with zero attached hydrogens (tertiary/aromatic N) is 7. The van der Waals surface area contributed by atoms with Crippen LogP contribution in [0.5, 0.6) is 0 Å². The number of pyridine rings is 1. The molecule has 1 atom stereocenters. The van der Waals surface area contributed by atoms with Gasteiger partial charge in [0.1, 0.15) is 17.4 Å². The van der Waals surface area contributed by atoms with Crippen LogP contribution in [0.3, 0.4) is 0 Å². The number of nitrogens with one attached hydrogen (secondary N) is 5. The van der Waals surface area contributed by atoms with E-state index in [1.54, 1.807) is 54.5 Å². The lowest BCUT2D eigenvalue weighted by atomic mass is 9.73. The van der Waals surface area contributed by atoms with Gasteiger partial charge in [-0.15, -0.1) is 0 Å². The lowest BCUT2D eigenvalue weighted by Gasteiger charge is -2.48. The fourth-order valence-corrected chi connectivity index (χ4v) is 13.3. The minimum absolute atomic E-state index is 0.00946. The number of carbonyl (C=O) groups is 8. The van der Waals surface area contributed by atoms with Gasteiger partial charge in [-0.2, -0.15) is 0 Å². The van der Waals surface area contributed by atoms with Gasteiger partial charge in [-0.3, -0.25) is 48.6 Å². The van der Waals surface area contributed by atoms with E-state index in [9.17, 15) is 33.6 Å². The molecule has 2 aromatic heterocycles. The third-order valence-electron chi connectivity index (χ3n) is 17.9. The first-order chi connectivity index (χ1) is 40.9. The van der Waals surface area contributed by atoms with Crippen LogP contribution in [0.25, 0.3) is 22.3 Å². The second-order valence-corrected chi connectivity index (χ2v) is 24.0. The molecule has 6 aromatic rings. The van der Waals surface area contributed by atoms with Crippen LogP contribution in [0, 0.1) is 12.7 Å². The molecule has 1 aliphatic carbocycles. The van der Waals surface area contributed by atoms with Crippen molar-refractivity contribution in [2.24, 2.45) is 0 Å². The Morgan fingerprint density at radius 1 is 0.788 bits per heavy atom. The summed E-state index contributed by atoms with van der Waals surface area (Å²) in [5, 5.41) is 14.3. The van der Waals surface area contributed by atoms with Crippen LogP contribution >= 0.6 is 0 Å². The highest BCUT2D eigenvalue weighted by Gasteiger charge is 2.56. The van der Waals surface area contributed by atoms with E-state index in [-0.39, 0.29) is 84.5 Å². The Bertz CT molecular complexity index is 3750. The van der Waals surface area contributed by atoms with E-state index in [4.69, 9.17) is 9.97 Å². The molecule has 1 unspecified atom stereocenters. The van der Waals surface area contributed by atoms with Gasteiger partial charge in [0.25, 0.3) is 29.5 Å². The summed E-state index contributed by atoms with van der Waals surface area (Å²) < 4.78 is 17.9. The summed E-state index contributed by atoms with van der Waals surface area (Å²) in [6, 6.07) is 21.2. The van der Waals surface area contributed by atoms with Crippen molar-refractivity contribution in [1.29, 1.82) is 0 Å². The van der Waals surface area contributed by atoms with Crippen LogP contribution in [0.2, 0.25) is 0 Å². The highest BCUT2D eigenvalue weighted by Crippen LogP contribution is 2.52. The van der Waals surface area contributed by atoms with Crippen molar-refractivity contribution in [2.75, 3.05) is 54.8 Å². The molecule has 6 aliphatic rings. The summed E-state index contributed by atoms with van der Waals surface area (Å²) in [6.07, 6.45) is 7.93. The Morgan fingerprint density at radius 2 is 1.53 bits per heavy atom. The molecule has 1 spiro atoms. The van der Waals surface area contributed by atoms with Gasteiger partial charge < -0.3 is 40.5 Å². The molecule has 1 saturated carbocycles. The number of imidazole rings is 1. The van der Waals surface area contributed by atoms with Crippen molar-refractivity contribution in [2.45, 2.75) is 128 Å². The van der Waals surface area contributed by atoms with Crippen molar-refractivity contribution in [3.8, 4) is 11.3 Å². The van der Waals surface area contributed by atoms with Gasteiger partial charge in [0.15, 0.2) is 5.82 Å². The maximum atomic E-state index is 15.9. The van der Waals surface area contributed by atoms with E-state index in [0.717, 1.165) is 47.6 Å². The zero-order valence-corrected chi connectivity index (χ0v) is 48.4. The highest BCUT2D eigenvalue weighted by atomic mass is 19.1. The number of carbonyl (C=O) groups excluding carboxylic acids is 8. The number of rotatable bonds is 15. The monoisotopic (exact) mass is 1150 g/mol. The molecule has 7 heterocycles. The maximum Gasteiger partial charge on any atom is 0.264 e. The predicted molar refractivity (Wildman–Crippen MR) is 317 cm³/mol. The molecule has 0 bridgehead atoms. The molecular formula is C64H69FN12O8. The number of likely N-dealkylation sites (tertiary alicyclic amines) is 2. The third kappa shape index (κ3) is 10.3. The van der Waals surface area contributed by atoms with Gasteiger partial charge in [0, 0.05) is 90.4 Å². The molecule has 85 heavy (non-hydrogen) atoms. The summed E-state index contributed by atoms with van der Waals surface area (Å²) in [4.78, 5) is 125. The smallest absolute Gasteiger partial charge is 0.264 e. The first-order valence-corrected chi connectivity index (χ1v) is 29.6. The zero-order valence-electron chi connectivity index (χ0n) is 48.4. The number of benzene rings is 4. The van der Waals surface area contributed by atoms with Gasteiger partial charge in [0.05, 0.1) is 39.8 Å². The number of aromatic nitrogens is 3. The van der Waals surface area contributed by atoms with Gasteiger partial charge in [0.2, 0.25) is 17.7 Å². The van der Waals surface area contributed by atoms with Crippen LogP contribution in [0.15, 0.2) is 85.2 Å². The average Bonchev–Trinajstić information content (AvgIpc) is 1.81. The Kier molecular flexibility index (Phi) is 15.1. The molecule has 3 saturated heterocycles. The molecule has 0 radical (unpaired) electrons. The number of hydrogen-bond donors (Lipinski definition) is 5. The molecule has 440 valence electrons. The normalized spacial score (nSPS) is 20.3. The zero-order chi connectivity index (χ0) is 59.6. The van der Waals surface area contributed by atoms with Gasteiger partial charge in [-0.05, 0) is 164 Å². The first-order valence-electron chi connectivity index (χ1n) is 29.6. The third-order valence-corrected chi connectivity index (χ3v) is 17.9. The molecule has 5 N–H and O–H groups in total. The lowest BCUT2D eigenvalue weighted by Crippen LogP contribution is -2.58. The molecule has 20 nitrogen and oxygen atoms in total. The Morgan fingerprint density at radius 3 is 2.25 bits per heavy atom. The highest BCUT2D eigenvalue weighted by molar-refractivity contribution is 6.25. The number of piperidine rings is 3. The molecular weight excluding hydrogens is 1080 g/mol. The Hall–Kier alpha value is -8.85. The number of aryl methyl sites for hydroxylation is 1. The van der Waals surface area contributed by atoms with E-state index in [2.05, 4.69) is 37.6 Å². The van der Waals surface area contributed by atoms with E-state index < -0.39 is 40.9 Å². The summed E-state index contributed by atoms with van der Waals surface area (Å²) in [5.74, 6) is -3.45.